The molecule has 0 amide bonds. The van der Waals surface area contributed by atoms with Crippen LogP contribution in [0.25, 0.3) is 0 Å². The first kappa shape index (κ1) is 15.0. The van der Waals surface area contributed by atoms with E-state index in [1.807, 2.05) is 12.1 Å². The fourth-order valence-corrected chi connectivity index (χ4v) is 3.17. The highest BCUT2D eigenvalue weighted by Crippen LogP contribution is 2.35. The lowest BCUT2D eigenvalue weighted by Gasteiger charge is -2.34. The molecule has 1 aromatic heterocycles. The van der Waals surface area contributed by atoms with Gasteiger partial charge in [-0.15, -0.1) is 5.10 Å². The van der Waals surface area contributed by atoms with Crippen LogP contribution in [0.3, 0.4) is 0 Å². The molecule has 0 aliphatic carbocycles. The third kappa shape index (κ3) is 2.84. The smallest absolute Gasteiger partial charge is 0.183 e. The summed E-state index contributed by atoms with van der Waals surface area (Å²) in [4.78, 5) is 2.13. The number of hydrazine groups is 1. The van der Waals surface area contributed by atoms with Crippen molar-refractivity contribution in [2.75, 3.05) is 23.4 Å². The molecule has 0 spiro atoms. The van der Waals surface area contributed by atoms with E-state index in [9.17, 15) is 4.39 Å². The Bertz CT molecular complexity index is 658. The predicted molar refractivity (Wildman–Crippen MR) is 85.4 cm³/mol. The number of halogens is 2. The molecule has 1 aromatic carbocycles. The third-order valence-corrected chi connectivity index (χ3v) is 4.46. The second-order valence-corrected chi connectivity index (χ2v) is 5.70. The summed E-state index contributed by atoms with van der Waals surface area (Å²) in [5.41, 5.74) is 4.03. The van der Waals surface area contributed by atoms with Gasteiger partial charge in [-0.05, 0) is 30.4 Å². The number of nitrogens with zero attached hydrogens (tertiary/aromatic N) is 3. The number of nitrogen functional groups attached to an aromatic ring is 1. The average Bonchev–Trinajstić information content (AvgIpc) is 2.56. The lowest BCUT2D eigenvalue weighted by Crippen LogP contribution is -2.33. The summed E-state index contributed by atoms with van der Waals surface area (Å²) in [6, 6.07) is 6.99. The van der Waals surface area contributed by atoms with E-state index in [1.54, 1.807) is 12.3 Å². The summed E-state index contributed by atoms with van der Waals surface area (Å²) < 4.78 is 13.9. The number of aromatic nitrogens is 2. The van der Waals surface area contributed by atoms with Gasteiger partial charge in [0.05, 0.1) is 11.9 Å². The summed E-state index contributed by atoms with van der Waals surface area (Å²) in [5, 5.41) is 8.20. The Kier molecular flexibility index (Phi) is 4.40. The van der Waals surface area contributed by atoms with E-state index in [-0.39, 0.29) is 11.7 Å². The largest absolute Gasteiger partial charge is 0.369 e. The molecule has 2 heterocycles. The van der Waals surface area contributed by atoms with Crippen molar-refractivity contribution in [1.29, 1.82) is 0 Å². The van der Waals surface area contributed by atoms with E-state index in [0.29, 0.717) is 10.8 Å². The molecular formula is C15H17ClFN5. The van der Waals surface area contributed by atoms with Gasteiger partial charge in [0.25, 0.3) is 0 Å². The molecule has 0 radical (unpaired) electrons. The van der Waals surface area contributed by atoms with Crippen molar-refractivity contribution in [2.24, 2.45) is 5.84 Å². The van der Waals surface area contributed by atoms with Crippen molar-refractivity contribution >= 4 is 23.1 Å². The number of hydrogen-bond acceptors (Lipinski definition) is 5. The van der Waals surface area contributed by atoms with Crippen LogP contribution in [-0.4, -0.2) is 23.3 Å². The molecule has 1 aliphatic heterocycles. The predicted octanol–water partition coefficient (Wildman–Crippen LogP) is 2.94. The first-order valence-electron chi connectivity index (χ1n) is 7.18. The standard InChI is InChI=1S/C15H17ClFN5/c16-14-13(9-19-21-15(14)20-18)22-7-5-10(6-8-22)11-3-1-2-4-12(11)17/h1-4,9-10H,5-8,18H2,(H,20,21). The number of rotatable bonds is 3. The van der Waals surface area contributed by atoms with Gasteiger partial charge < -0.3 is 10.3 Å². The van der Waals surface area contributed by atoms with Gasteiger partial charge in [0.1, 0.15) is 10.8 Å². The fourth-order valence-electron chi connectivity index (χ4n) is 2.91. The highest BCUT2D eigenvalue weighted by molar-refractivity contribution is 6.35. The fraction of sp³-hybridized carbons (Fsp3) is 0.333. The van der Waals surface area contributed by atoms with Gasteiger partial charge in [-0.1, -0.05) is 29.8 Å². The van der Waals surface area contributed by atoms with Gasteiger partial charge in [0, 0.05) is 13.1 Å². The summed E-state index contributed by atoms with van der Waals surface area (Å²) in [6.07, 6.45) is 3.36. The van der Waals surface area contributed by atoms with Crippen LogP contribution in [0.5, 0.6) is 0 Å². The molecule has 1 aliphatic rings. The van der Waals surface area contributed by atoms with E-state index in [4.69, 9.17) is 17.4 Å². The molecule has 1 fully saturated rings. The zero-order chi connectivity index (χ0) is 15.5. The van der Waals surface area contributed by atoms with E-state index >= 15 is 0 Å². The van der Waals surface area contributed by atoms with Crippen molar-refractivity contribution in [1.82, 2.24) is 10.2 Å². The molecule has 0 unspecified atom stereocenters. The normalized spacial score (nSPS) is 15.9. The maximum absolute atomic E-state index is 13.9. The van der Waals surface area contributed by atoms with Crippen LogP contribution in [0.1, 0.15) is 24.3 Å². The minimum Gasteiger partial charge on any atom is -0.369 e. The molecule has 3 N–H and O–H groups in total. The Balaban J connectivity index is 1.74. The van der Waals surface area contributed by atoms with E-state index in [2.05, 4.69) is 20.5 Å². The van der Waals surface area contributed by atoms with Crippen LogP contribution in [0.15, 0.2) is 30.5 Å². The van der Waals surface area contributed by atoms with Crippen molar-refractivity contribution in [3.05, 3.63) is 46.9 Å². The summed E-state index contributed by atoms with van der Waals surface area (Å²) in [5.74, 6) is 5.83. The van der Waals surface area contributed by atoms with Crippen molar-refractivity contribution in [3.63, 3.8) is 0 Å². The maximum atomic E-state index is 13.9. The van der Waals surface area contributed by atoms with Crippen molar-refractivity contribution in [2.45, 2.75) is 18.8 Å². The minimum absolute atomic E-state index is 0.126. The van der Waals surface area contributed by atoms with Crippen molar-refractivity contribution < 1.29 is 4.39 Å². The minimum atomic E-state index is -0.126. The Labute approximate surface area is 133 Å². The van der Waals surface area contributed by atoms with E-state index in [0.717, 1.165) is 37.2 Å². The Hall–Kier alpha value is -1.92. The van der Waals surface area contributed by atoms with Crippen LogP contribution < -0.4 is 16.2 Å². The molecule has 22 heavy (non-hydrogen) atoms. The number of benzene rings is 1. The molecule has 2 aromatic rings. The maximum Gasteiger partial charge on any atom is 0.183 e. The highest BCUT2D eigenvalue weighted by atomic mass is 35.5. The monoisotopic (exact) mass is 321 g/mol. The molecule has 7 heteroatoms. The van der Waals surface area contributed by atoms with Crippen LogP contribution in [0.2, 0.25) is 5.02 Å². The van der Waals surface area contributed by atoms with Gasteiger partial charge in [-0.3, -0.25) is 0 Å². The lowest BCUT2D eigenvalue weighted by atomic mass is 9.89. The van der Waals surface area contributed by atoms with Crippen molar-refractivity contribution in [3.8, 4) is 0 Å². The topological polar surface area (TPSA) is 67.1 Å². The van der Waals surface area contributed by atoms with Gasteiger partial charge >= 0.3 is 0 Å². The molecule has 0 atom stereocenters. The molecule has 0 saturated carbocycles. The average molecular weight is 322 g/mol. The molecular weight excluding hydrogens is 305 g/mol. The molecule has 5 nitrogen and oxygen atoms in total. The number of hydrogen-bond donors (Lipinski definition) is 2. The van der Waals surface area contributed by atoms with Gasteiger partial charge in [-0.25, -0.2) is 10.2 Å². The zero-order valence-electron chi connectivity index (χ0n) is 12.0. The Morgan fingerprint density at radius 3 is 2.68 bits per heavy atom. The summed E-state index contributed by atoms with van der Waals surface area (Å²) in [7, 11) is 0. The van der Waals surface area contributed by atoms with Crippen LogP contribution >= 0.6 is 11.6 Å². The van der Waals surface area contributed by atoms with Gasteiger partial charge in [0.2, 0.25) is 0 Å². The first-order valence-corrected chi connectivity index (χ1v) is 7.55. The second kappa shape index (κ2) is 6.46. The van der Waals surface area contributed by atoms with Gasteiger partial charge in [-0.2, -0.15) is 5.10 Å². The molecule has 3 rings (SSSR count). The number of nitrogens with one attached hydrogen (secondary N) is 1. The highest BCUT2D eigenvalue weighted by Gasteiger charge is 2.24. The molecule has 0 bridgehead atoms. The summed E-state index contributed by atoms with van der Waals surface area (Å²) in [6.45, 7) is 1.57. The molecule has 1 saturated heterocycles. The summed E-state index contributed by atoms with van der Waals surface area (Å²) >= 11 is 6.27. The SMILES string of the molecule is NNc1nncc(N2CCC(c3ccccc3F)CC2)c1Cl. The molecule has 116 valence electrons. The zero-order valence-corrected chi connectivity index (χ0v) is 12.7. The first-order chi connectivity index (χ1) is 10.7. The number of anilines is 2. The van der Waals surface area contributed by atoms with Crippen LogP contribution in [-0.2, 0) is 0 Å². The quantitative estimate of drug-likeness (QED) is 0.672. The lowest BCUT2D eigenvalue weighted by molar-refractivity contribution is 0.481. The van der Waals surface area contributed by atoms with E-state index in [1.165, 1.54) is 6.07 Å². The number of nitrogens with two attached hydrogens (primary N) is 1. The van der Waals surface area contributed by atoms with E-state index < -0.39 is 0 Å². The Morgan fingerprint density at radius 2 is 2.00 bits per heavy atom. The Morgan fingerprint density at radius 1 is 1.27 bits per heavy atom. The third-order valence-electron chi connectivity index (χ3n) is 4.09. The number of piperidine rings is 1. The van der Waals surface area contributed by atoms with Crippen LogP contribution in [0.4, 0.5) is 15.9 Å². The second-order valence-electron chi connectivity index (χ2n) is 5.32. The van der Waals surface area contributed by atoms with Crippen LogP contribution in [0, 0.1) is 5.82 Å². The van der Waals surface area contributed by atoms with Gasteiger partial charge in [0.15, 0.2) is 5.82 Å².